The average Bonchev–Trinajstić information content (AvgIpc) is 2.11. The van der Waals surface area contributed by atoms with Gasteiger partial charge in [-0.15, -0.1) is 0 Å². The fraction of sp³-hybridized carbons (Fsp3) is 0.714. The van der Waals surface area contributed by atoms with Crippen molar-refractivity contribution in [3.63, 3.8) is 0 Å². The summed E-state index contributed by atoms with van der Waals surface area (Å²) in [4.78, 5) is 57.5. The largest absolute Gasteiger partial charge is 0.481 e. The van der Waals surface area contributed by atoms with E-state index in [-0.39, 0.29) is 0 Å². The molecule has 0 heterocycles. The van der Waals surface area contributed by atoms with E-state index in [1.165, 1.54) is 0 Å². The Morgan fingerprint density at radius 1 is 1.11 bits per heavy atom. The van der Waals surface area contributed by atoms with Gasteiger partial charge < -0.3 is 29.8 Å². The van der Waals surface area contributed by atoms with Crippen molar-refractivity contribution < 1.29 is 48.5 Å². The number of carbonyl (C=O) groups is 2. The maximum Gasteiger partial charge on any atom is 0.343 e. The summed E-state index contributed by atoms with van der Waals surface area (Å²) in [6, 6.07) is 0. The fourth-order valence-electron chi connectivity index (χ4n) is 1.44. The molecule has 12 heteroatoms. The number of carboxylic acid groups (broad SMARTS) is 2. The minimum atomic E-state index is -5.46. The molecule has 0 spiro atoms. The molecule has 6 N–H and O–H groups in total. The Hall–Kier alpha value is -0.760. The molecule has 2 atom stereocenters. The smallest absolute Gasteiger partial charge is 0.343 e. The summed E-state index contributed by atoms with van der Waals surface area (Å²) in [7, 11) is -10.3. The minimum absolute atomic E-state index is 0.885. The van der Waals surface area contributed by atoms with Crippen molar-refractivity contribution in [2.75, 3.05) is 0 Å². The molecule has 0 aliphatic rings. The number of hydrogen-bond acceptors (Lipinski definition) is 4. The van der Waals surface area contributed by atoms with E-state index in [0.29, 0.717) is 0 Å². The summed E-state index contributed by atoms with van der Waals surface area (Å²) in [5, 5.41) is 14.4. The molecule has 0 bridgehead atoms. The maximum absolute atomic E-state index is 11.3. The van der Waals surface area contributed by atoms with Crippen LogP contribution in [0.4, 0.5) is 0 Å². The van der Waals surface area contributed by atoms with E-state index in [1.807, 2.05) is 0 Å². The molecule has 0 aromatic heterocycles. The lowest BCUT2D eigenvalue weighted by Gasteiger charge is -2.31. The van der Waals surface area contributed by atoms with Crippen LogP contribution in [0.5, 0.6) is 0 Å². The second-order valence-electron chi connectivity index (χ2n) is 4.09. The average molecular weight is 320 g/mol. The summed E-state index contributed by atoms with van der Waals surface area (Å²) >= 11 is 0. The standard InChI is InChI=1S/C7H14O10P2/c1-4(18(12,13)14)2-7(6(10)11,3-5(8)9)19(15,16)17/h4H,2-3H2,1H3,(H,8,9)(H,10,11)(H2,12,13,14)(H2,15,16,17). The highest BCUT2D eigenvalue weighted by molar-refractivity contribution is 7.55. The minimum Gasteiger partial charge on any atom is -0.481 e. The van der Waals surface area contributed by atoms with Gasteiger partial charge in [0.25, 0.3) is 0 Å². The van der Waals surface area contributed by atoms with Crippen molar-refractivity contribution in [1.29, 1.82) is 0 Å². The van der Waals surface area contributed by atoms with Crippen LogP contribution in [0, 0.1) is 0 Å². The Morgan fingerprint density at radius 2 is 1.53 bits per heavy atom. The van der Waals surface area contributed by atoms with Crippen LogP contribution in [0.25, 0.3) is 0 Å². The Bertz CT molecular complexity index is 460. The van der Waals surface area contributed by atoms with Crippen LogP contribution in [0.3, 0.4) is 0 Å². The Balaban J connectivity index is 5.75. The summed E-state index contributed by atoms with van der Waals surface area (Å²) < 4.78 is 22.2. The molecule has 0 saturated carbocycles. The van der Waals surface area contributed by atoms with Crippen molar-refractivity contribution >= 4 is 27.1 Å². The first-order valence-electron chi connectivity index (χ1n) is 4.80. The SMILES string of the molecule is CC(CC(CC(=O)O)(C(=O)O)P(=O)(O)O)P(=O)(O)O. The monoisotopic (exact) mass is 320 g/mol. The lowest BCUT2D eigenvalue weighted by atomic mass is 9.98. The third-order valence-electron chi connectivity index (χ3n) is 2.61. The highest BCUT2D eigenvalue weighted by Crippen LogP contribution is 2.58. The maximum atomic E-state index is 11.3. The summed E-state index contributed by atoms with van der Waals surface area (Å²) in [6.07, 6.45) is -2.61. The van der Waals surface area contributed by atoms with Gasteiger partial charge in [-0.25, -0.2) is 0 Å². The number of hydrogen-bond donors (Lipinski definition) is 6. The van der Waals surface area contributed by atoms with Gasteiger partial charge >= 0.3 is 27.1 Å². The van der Waals surface area contributed by atoms with Crippen LogP contribution in [0.1, 0.15) is 19.8 Å². The molecule has 2 unspecified atom stereocenters. The van der Waals surface area contributed by atoms with E-state index in [9.17, 15) is 18.7 Å². The molecule has 10 nitrogen and oxygen atoms in total. The van der Waals surface area contributed by atoms with E-state index >= 15 is 0 Å². The molecule has 0 saturated heterocycles. The molecule has 0 aromatic carbocycles. The van der Waals surface area contributed by atoms with Crippen molar-refractivity contribution in [3.8, 4) is 0 Å². The van der Waals surface area contributed by atoms with Crippen molar-refractivity contribution in [2.24, 2.45) is 0 Å². The molecule has 19 heavy (non-hydrogen) atoms. The van der Waals surface area contributed by atoms with E-state index in [4.69, 9.17) is 29.8 Å². The van der Waals surface area contributed by atoms with Crippen LogP contribution in [-0.4, -0.2) is 52.5 Å². The third kappa shape index (κ3) is 4.38. The normalized spacial score (nSPS) is 17.5. The number of aliphatic carboxylic acids is 2. The van der Waals surface area contributed by atoms with Crippen molar-refractivity contribution in [2.45, 2.75) is 30.6 Å². The molecule has 0 aliphatic carbocycles. The lowest BCUT2D eigenvalue weighted by molar-refractivity contribution is -0.147. The zero-order valence-corrected chi connectivity index (χ0v) is 11.5. The van der Waals surface area contributed by atoms with Gasteiger partial charge in [-0.1, -0.05) is 6.92 Å². The van der Waals surface area contributed by atoms with Gasteiger partial charge in [0.1, 0.15) is 0 Å². The Kier molecular flexibility index (Phi) is 5.47. The van der Waals surface area contributed by atoms with Gasteiger partial charge in [-0.05, 0) is 6.42 Å². The first kappa shape index (κ1) is 18.2. The second kappa shape index (κ2) is 5.70. The van der Waals surface area contributed by atoms with Gasteiger partial charge in [0, 0.05) is 0 Å². The summed E-state index contributed by atoms with van der Waals surface area (Å²) in [6.45, 7) is 0.885. The van der Waals surface area contributed by atoms with Gasteiger partial charge in [0.2, 0.25) is 0 Å². The first-order chi connectivity index (χ1) is 8.24. The van der Waals surface area contributed by atoms with Gasteiger partial charge in [0.15, 0.2) is 5.16 Å². The molecular weight excluding hydrogens is 306 g/mol. The number of carboxylic acids is 2. The van der Waals surface area contributed by atoms with E-state index < -0.39 is 50.8 Å². The van der Waals surface area contributed by atoms with E-state index in [0.717, 1.165) is 6.92 Å². The van der Waals surface area contributed by atoms with Gasteiger partial charge in [-0.2, -0.15) is 0 Å². The van der Waals surface area contributed by atoms with Crippen LogP contribution < -0.4 is 0 Å². The quantitative estimate of drug-likeness (QED) is 0.331. The third-order valence-corrected chi connectivity index (χ3v) is 5.58. The summed E-state index contributed by atoms with van der Waals surface area (Å²) in [5.74, 6) is -3.92. The predicted octanol–water partition coefficient (Wildman–Crippen LogP) is -0.582. The van der Waals surface area contributed by atoms with Crippen LogP contribution in [0.2, 0.25) is 0 Å². The highest BCUT2D eigenvalue weighted by atomic mass is 31.2. The predicted molar refractivity (Wildman–Crippen MR) is 60.8 cm³/mol. The molecule has 0 rings (SSSR count). The number of rotatable bonds is 7. The van der Waals surface area contributed by atoms with Crippen molar-refractivity contribution in [1.82, 2.24) is 0 Å². The molecule has 0 aromatic rings. The Labute approximate surface area is 107 Å². The first-order valence-corrected chi connectivity index (χ1v) is 8.09. The van der Waals surface area contributed by atoms with E-state index in [2.05, 4.69) is 0 Å². The van der Waals surface area contributed by atoms with E-state index in [1.54, 1.807) is 0 Å². The van der Waals surface area contributed by atoms with Gasteiger partial charge in [0.05, 0.1) is 12.1 Å². The van der Waals surface area contributed by atoms with Crippen LogP contribution in [-0.2, 0) is 18.7 Å². The van der Waals surface area contributed by atoms with Crippen LogP contribution in [0.15, 0.2) is 0 Å². The molecule has 112 valence electrons. The molecule has 0 amide bonds. The van der Waals surface area contributed by atoms with Crippen LogP contribution >= 0.6 is 15.2 Å². The molecule has 0 radical (unpaired) electrons. The fourth-order valence-corrected chi connectivity index (χ4v) is 3.24. The zero-order valence-electron chi connectivity index (χ0n) is 9.70. The molecule has 0 fully saturated rings. The van der Waals surface area contributed by atoms with Gasteiger partial charge in [-0.3, -0.25) is 18.7 Å². The van der Waals surface area contributed by atoms with Crippen molar-refractivity contribution in [3.05, 3.63) is 0 Å². The zero-order chi connectivity index (χ0) is 15.6. The topological polar surface area (TPSA) is 190 Å². The summed E-state index contributed by atoms with van der Waals surface area (Å²) in [5.41, 5.74) is -1.71. The highest BCUT2D eigenvalue weighted by Gasteiger charge is 2.57. The Morgan fingerprint density at radius 3 is 1.74 bits per heavy atom. The lowest BCUT2D eigenvalue weighted by Crippen LogP contribution is -2.43. The molecular formula is C7H14O10P2. The molecule has 0 aliphatic heterocycles. The second-order valence-corrected chi connectivity index (χ2v) is 8.10.